The zero-order chi connectivity index (χ0) is 13.8. The van der Waals surface area contributed by atoms with E-state index in [1.54, 1.807) is 7.11 Å². The van der Waals surface area contributed by atoms with Gasteiger partial charge in [0, 0.05) is 13.7 Å². The summed E-state index contributed by atoms with van der Waals surface area (Å²) in [5, 5.41) is 3.33. The lowest BCUT2D eigenvalue weighted by atomic mass is 10.3. The third-order valence-electron chi connectivity index (χ3n) is 2.78. The summed E-state index contributed by atoms with van der Waals surface area (Å²) < 4.78 is 9.84. The van der Waals surface area contributed by atoms with Gasteiger partial charge in [-0.2, -0.15) is 0 Å². The maximum atomic E-state index is 11.2. The number of ether oxygens (including phenoxy) is 2. The molecule has 5 heteroatoms. The van der Waals surface area contributed by atoms with Crippen LogP contribution < -0.4 is 5.32 Å². The zero-order valence-corrected chi connectivity index (χ0v) is 12.2. The predicted octanol–water partition coefficient (Wildman–Crippen LogP) is 0.886. The smallest absolute Gasteiger partial charge is 0.319 e. The molecule has 0 amide bonds. The van der Waals surface area contributed by atoms with E-state index in [2.05, 4.69) is 21.9 Å². The molecular weight excluding hydrogens is 232 g/mol. The highest BCUT2D eigenvalue weighted by molar-refractivity contribution is 5.71. The zero-order valence-electron chi connectivity index (χ0n) is 12.2. The van der Waals surface area contributed by atoms with E-state index in [1.165, 1.54) is 7.11 Å². The molecule has 1 atom stereocenters. The van der Waals surface area contributed by atoms with Crippen LogP contribution in [0.15, 0.2) is 0 Å². The lowest BCUT2D eigenvalue weighted by Crippen LogP contribution is -2.34. The van der Waals surface area contributed by atoms with Crippen LogP contribution in [0.4, 0.5) is 0 Å². The van der Waals surface area contributed by atoms with Crippen molar-refractivity contribution in [3.8, 4) is 0 Å². The number of methoxy groups -OCH3 is 2. The van der Waals surface area contributed by atoms with E-state index in [1.807, 2.05) is 6.92 Å². The van der Waals surface area contributed by atoms with Gasteiger partial charge in [-0.15, -0.1) is 0 Å². The van der Waals surface area contributed by atoms with Gasteiger partial charge in [-0.1, -0.05) is 6.92 Å². The van der Waals surface area contributed by atoms with E-state index in [4.69, 9.17) is 4.74 Å². The quantitative estimate of drug-likeness (QED) is 0.441. The van der Waals surface area contributed by atoms with Crippen molar-refractivity contribution >= 4 is 5.97 Å². The molecule has 0 saturated heterocycles. The second-order valence-electron chi connectivity index (χ2n) is 4.46. The van der Waals surface area contributed by atoms with Crippen molar-refractivity contribution in [2.45, 2.75) is 32.8 Å². The lowest BCUT2D eigenvalue weighted by Gasteiger charge is -2.20. The van der Waals surface area contributed by atoms with E-state index in [0.29, 0.717) is 6.54 Å². The molecule has 0 fully saturated rings. The van der Waals surface area contributed by atoms with E-state index in [0.717, 1.165) is 39.0 Å². The summed E-state index contributed by atoms with van der Waals surface area (Å²) in [5.41, 5.74) is 0. The van der Waals surface area contributed by atoms with Crippen LogP contribution in [0.3, 0.4) is 0 Å². The standard InChI is InChI=1S/C13H28N2O3/c1-5-8-15(11-13(16)18-4)9-6-7-14-10-12(2)17-3/h12,14H,5-11H2,1-4H3. The average Bonchev–Trinajstić information content (AvgIpc) is 2.37. The van der Waals surface area contributed by atoms with Gasteiger partial charge in [0.25, 0.3) is 0 Å². The van der Waals surface area contributed by atoms with E-state index < -0.39 is 0 Å². The number of esters is 1. The second kappa shape index (κ2) is 11.4. The minimum absolute atomic E-state index is 0.163. The van der Waals surface area contributed by atoms with E-state index in [9.17, 15) is 4.79 Å². The molecule has 0 rings (SSSR count). The van der Waals surface area contributed by atoms with Crippen LogP contribution in [0, 0.1) is 0 Å². The normalized spacial score (nSPS) is 12.7. The van der Waals surface area contributed by atoms with Gasteiger partial charge < -0.3 is 14.8 Å². The lowest BCUT2D eigenvalue weighted by molar-refractivity contribution is -0.141. The molecule has 1 unspecified atom stereocenters. The van der Waals surface area contributed by atoms with Crippen LogP contribution in [-0.2, 0) is 14.3 Å². The summed E-state index contributed by atoms with van der Waals surface area (Å²) in [6.07, 6.45) is 2.31. The third kappa shape index (κ3) is 9.39. The fourth-order valence-corrected chi connectivity index (χ4v) is 1.65. The maximum Gasteiger partial charge on any atom is 0.319 e. The Morgan fingerprint density at radius 3 is 2.61 bits per heavy atom. The molecule has 0 radical (unpaired) electrons. The number of nitrogens with one attached hydrogen (secondary N) is 1. The Bertz CT molecular complexity index is 212. The SMILES string of the molecule is CCCN(CCCNCC(C)OC)CC(=O)OC. The molecule has 0 aromatic rings. The van der Waals surface area contributed by atoms with Crippen molar-refractivity contribution in [2.75, 3.05) is 46.9 Å². The van der Waals surface area contributed by atoms with Gasteiger partial charge in [-0.3, -0.25) is 9.69 Å². The molecule has 0 aromatic heterocycles. The number of carbonyl (C=O) groups excluding carboxylic acids is 1. The Labute approximate surface area is 111 Å². The largest absolute Gasteiger partial charge is 0.468 e. The minimum Gasteiger partial charge on any atom is -0.468 e. The van der Waals surface area contributed by atoms with Crippen LogP contribution in [0.25, 0.3) is 0 Å². The Hall–Kier alpha value is -0.650. The van der Waals surface area contributed by atoms with Crippen molar-refractivity contribution in [2.24, 2.45) is 0 Å². The maximum absolute atomic E-state index is 11.2. The van der Waals surface area contributed by atoms with Crippen LogP contribution in [0.2, 0.25) is 0 Å². The molecular formula is C13H28N2O3. The van der Waals surface area contributed by atoms with E-state index in [-0.39, 0.29) is 12.1 Å². The molecule has 0 bridgehead atoms. The van der Waals surface area contributed by atoms with Gasteiger partial charge in [0.2, 0.25) is 0 Å². The molecule has 108 valence electrons. The van der Waals surface area contributed by atoms with Gasteiger partial charge in [0.05, 0.1) is 19.8 Å². The first-order chi connectivity index (χ1) is 8.63. The highest BCUT2D eigenvalue weighted by atomic mass is 16.5. The van der Waals surface area contributed by atoms with E-state index >= 15 is 0 Å². The average molecular weight is 260 g/mol. The number of hydrogen-bond acceptors (Lipinski definition) is 5. The van der Waals surface area contributed by atoms with Crippen LogP contribution in [-0.4, -0.2) is 63.9 Å². The van der Waals surface area contributed by atoms with Gasteiger partial charge in [-0.25, -0.2) is 0 Å². The summed E-state index contributed by atoms with van der Waals surface area (Å²) >= 11 is 0. The molecule has 5 nitrogen and oxygen atoms in total. The first kappa shape index (κ1) is 17.4. The van der Waals surface area contributed by atoms with Crippen molar-refractivity contribution in [1.29, 1.82) is 0 Å². The van der Waals surface area contributed by atoms with Crippen LogP contribution >= 0.6 is 0 Å². The summed E-state index contributed by atoms with van der Waals surface area (Å²) in [6.45, 7) is 8.19. The third-order valence-corrected chi connectivity index (χ3v) is 2.78. The van der Waals surface area contributed by atoms with Crippen molar-refractivity contribution in [3.63, 3.8) is 0 Å². The van der Waals surface area contributed by atoms with Crippen molar-refractivity contribution < 1.29 is 14.3 Å². The van der Waals surface area contributed by atoms with Gasteiger partial charge in [-0.05, 0) is 39.4 Å². The van der Waals surface area contributed by atoms with Crippen LogP contribution in [0.1, 0.15) is 26.7 Å². The Morgan fingerprint density at radius 1 is 1.33 bits per heavy atom. The second-order valence-corrected chi connectivity index (χ2v) is 4.46. The van der Waals surface area contributed by atoms with Crippen molar-refractivity contribution in [3.05, 3.63) is 0 Å². The highest BCUT2D eigenvalue weighted by Crippen LogP contribution is 1.95. The first-order valence-electron chi connectivity index (χ1n) is 6.66. The fraction of sp³-hybridized carbons (Fsp3) is 0.923. The Morgan fingerprint density at radius 2 is 2.06 bits per heavy atom. The van der Waals surface area contributed by atoms with Gasteiger partial charge in [0.15, 0.2) is 0 Å². The molecule has 0 aromatic carbocycles. The fourth-order valence-electron chi connectivity index (χ4n) is 1.65. The van der Waals surface area contributed by atoms with Gasteiger partial charge >= 0.3 is 5.97 Å². The molecule has 0 aliphatic carbocycles. The topological polar surface area (TPSA) is 50.8 Å². The molecule has 0 heterocycles. The summed E-state index contributed by atoms with van der Waals surface area (Å²) in [7, 11) is 3.14. The molecule has 1 N–H and O–H groups in total. The first-order valence-corrected chi connectivity index (χ1v) is 6.66. The number of rotatable bonds is 11. The predicted molar refractivity (Wildman–Crippen MR) is 72.7 cm³/mol. The molecule has 18 heavy (non-hydrogen) atoms. The number of hydrogen-bond donors (Lipinski definition) is 1. The molecule has 0 saturated carbocycles. The number of carbonyl (C=O) groups is 1. The highest BCUT2D eigenvalue weighted by Gasteiger charge is 2.09. The van der Waals surface area contributed by atoms with Crippen LogP contribution in [0.5, 0.6) is 0 Å². The molecule has 0 spiro atoms. The Kier molecular flexibility index (Phi) is 11.0. The molecule has 0 aliphatic heterocycles. The van der Waals surface area contributed by atoms with Gasteiger partial charge in [0.1, 0.15) is 0 Å². The summed E-state index contributed by atoms with van der Waals surface area (Å²) in [6, 6.07) is 0. The van der Waals surface area contributed by atoms with Crippen molar-refractivity contribution in [1.82, 2.24) is 10.2 Å². The summed E-state index contributed by atoms with van der Waals surface area (Å²) in [5.74, 6) is -0.163. The minimum atomic E-state index is -0.163. The number of nitrogens with zero attached hydrogens (tertiary/aromatic N) is 1. The summed E-state index contributed by atoms with van der Waals surface area (Å²) in [4.78, 5) is 13.4. The molecule has 0 aliphatic rings. The Balaban J connectivity index is 3.66. The monoisotopic (exact) mass is 260 g/mol.